The highest BCUT2D eigenvalue weighted by atomic mass is 32.1. The van der Waals surface area contributed by atoms with Gasteiger partial charge in [0, 0.05) is 55.4 Å². The largest absolute Gasteiger partial charge is 0.318 e. The minimum Gasteiger partial charge on any atom is -0.318 e. The first-order valence-electron chi connectivity index (χ1n) is 14.7. The Hall–Kier alpha value is -4.73. The summed E-state index contributed by atoms with van der Waals surface area (Å²) >= 11 is 1.90. The first kappa shape index (κ1) is 22.9. The molecule has 2 nitrogen and oxygen atoms in total. The van der Waals surface area contributed by atoms with Crippen molar-refractivity contribution in [2.75, 3.05) is 4.90 Å². The van der Waals surface area contributed by atoms with Crippen molar-refractivity contribution in [3.8, 4) is 11.1 Å². The summed E-state index contributed by atoms with van der Waals surface area (Å²) in [6.45, 7) is 4.73. The van der Waals surface area contributed by atoms with Gasteiger partial charge in [0.25, 0.3) is 0 Å². The smallest absolute Gasteiger partial charge is 0.235 e. The van der Waals surface area contributed by atoms with Gasteiger partial charge in [-0.3, -0.25) is 0 Å². The molecule has 0 amide bonds. The molecular formula is C39H27N2S+. The van der Waals surface area contributed by atoms with E-state index in [1.807, 2.05) is 11.3 Å². The number of fused-ring (bicyclic) bond motifs is 11. The van der Waals surface area contributed by atoms with E-state index in [2.05, 4.69) is 145 Å². The van der Waals surface area contributed by atoms with Crippen molar-refractivity contribution >= 4 is 65.5 Å². The zero-order valence-corrected chi connectivity index (χ0v) is 24.2. The van der Waals surface area contributed by atoms with Crippen LogP contribution in [0.1, 0.15) is 30.5 Å². The van der Waals surface area contributed by atoms with Crippen molar-refractivity contribution in [2.45, 2.75) is 25.3 Å². The van der Waals surface area contributed by atoms with Gasteiger partial charge >= 0.3 is 0 Å². The highest BCUT2D eigenvalue weighted by Gasteiger charge is 2.49. The molecule has 2 aliphatic carbocycles. The third kappa shape index (κ3) is 2.73. The van der Waals surface area contributed by atoms with Crippen LogP contribution in [0.3, 0.4) is 0 Å². The van der Waals surface area contributed by atoms with Crippen molar-refractivity contribution < 1.29 is 0 Å². The molecule has 1 unspecified atom stereocenters. The molecule has 1 atom stereocenters. The Kier molecular flexibility index (Phi) is 4.23. The van der Waals surface area contributed by atoms with Crippen molar-refractivity contribution in [3.63, 3.8) is 0 Å². The molecule has 6 aromatic rings. The maximum atomic E-state index is 2.59. The number of para-hydroxylation sites is 2. The van der Waals surface area contributed by atoms with Crippen molar-refractivity contribution in [3.05, 3.63) is 138 Å². The van der Waals surface area contributed by atoms with E-state index in [9.17, 15) is 0 Å². The molecule has 0 saturated heterocycles. The Morgan fingerprint density at radius 2 is 1.50 bits per heavy atom. The van der Waals surface area contributed by atoms with Crippen LogP contribution in [-0.4, -0.2) is 11.8 Å². The Morgan fingerprint density at radius 1 is 0.690 bits per heavy atom. The summed E-state index contributed by atoms with van der Waals surface area (Å²) in [5.74, 6) is 0. The SMILES string of the molecule is CC1(C)c2ccccc2-c2ccc([N+]3=C4C=CC=C5c6cc7c(cc6N(c6ccccc63)C54)sc3ccccc37)cc21. The average Bonchev–Trinajstić information content (AvgIpc) is 3.63. The summed E-state index contributed by atoms with van der Waals surface area (Å²) in [4.78, 5) is 2.59. The van der Waals surface area contributed by atoms with Crippen LogP contribution >= 0.6 is 11.3 Å². The highest BCUT2D eigenvalue weighted by Crippen LogP contribution is 2.55. The van der Waals surface area contributed by atoms with Crippen LogP contribution < -0.4 is 9.48 Å². The van der Waals surface area contributed by atoms with Crippen LogP contribution in [0.4, 0.5) is 22.7 Å². The number of hydrogen-bond donors (Lipinski definition) is 0. The number of benzene rings is 5. The van der Waals surface area contributed by atoms with Gasteiger partial charge in [-0.15, -0.1) is 11.3 Å². The topological polar surface area (TPSA) is 6.25 Å². The Labute approximate surface area is 248 Å². The number of rotatable bonds is 1. The van der Waals surface area contributed by atoms with Gasteiger partial charge in [0.15, 0.2) is 0 Å². The van der Waals surface area contributed by atoms with Gasteiger partial charge in [-0.1, -0.05) is 80.6 Å². The molecular weight excluding hydrogens is 529 g/mol. The molecule has 0 saturated carbocycles. The van der Waals surface area contributed by atoms with Crippen LogP contribution in [0, 0.1) is 0 Å². The van der Waals surface area contributed by atoms with E-state index in [-0.39, 0.29) is 11.5 Å². The van der Waals surface area contributed by atoms with E-state index in [1.54, 1.807) is 0 Å². The number of thiophene rings is 1. The fraction of sp³-hybridized carbons (Fsp3) is 0.103. The summed E-state index contributed by atoms with van der Waals surface area (Å²) < 4.78 is 5.22. The molecule has 0 spiro atoms. The third-order valence-electron chi connectivity index (χ3n) is 9.91. The van der Waals surface area contributed by atoms with Crippen LogP contribution in [0.15, 0.2) is 121 Å². The van der Waals surface area contributed by atoms with Gasteiger partial charge in [0.2, 0.25) is 17.1 Å². The predicted molar refractivity (Wildman–Crippen MR) is 179 cm³/mol. The monoisotopic (exact) mass is 555 g/mol. The normalized spacial score (nSPS) is 18.6. The highest BCUT2D eigenvalue weighted by molar-refractivity contribution is 7.25. The molecule has 0 N–H and O–H groups in total. The van der Waals surface area contributed by atoms with E-state index >= 15 is 0 Å². The molecule has 0 fully saturated rings. The van der Waals surface area contributed by atoms with Crippen LogP contribution in [0.25, 0.3) is 36.9 Å². The average molecular weight is 556 g/mol. The molecule has 0 radical (unpaired) electrons. The molecule has 1 aromatic heterocycles. The fourth-order valence-electron chi connectivity index (χ4n) is 8.01. The molecule has 2 aliphatic heterocycles. The van der Waals surface area contributed by atoms with Crippen molar-refractivity contribution in [1.82, 2.24) is 4.58 Å². The molecule has 10 rings (SSSR count). The lowest BCUT2D eigenvalue weighted by Crippen LogP contribution is -2.43. The van der Waals surface area contributed by atoms with Crippen molar-refractivity contribution in [1.29, 1.82) is 0 Å². The van der Waals surface area contributed by atoms with Crippen LogP contribution in [-0.2, 0) is 5.41 Å². The maximum absolute atomic E-state index is 2.59. The summed E-state index contributed by atoms with van der Waals surface area (Å²) in [6, 6.07) is 38.8. The fourth-order valence-corrected chi connectivity index (χ4v) is 9.13. The lowest BCUT2D eigenvalue weighted by molar-refractivity contribution is 0.660. The zero-order chi connectivity index (χ0) is 27.7. The Balaban J connectivity index is 1.22. The lowest BCUT2D eigenvalue weighted by atomic mass is 9.82. The lowest BCUT2D eigenvalue weighted by Gasteiger charge is -2.33. The second-order valence-corrected chi connectivity index (χ2v) is 13.5. The van der Waals surface area contributed by atoms with E-state index < -0.39 is 0 Å². The van der Waals surface area contributed by atoms with E-state index in [4.69, 9.17) is 0 Å². The Bertz CT molecular complexity index is 2290. The summed E-state index contributed by atoms with van der Waals surface area (Å²) in [5.41, 5.74) is 14.6. The van der Waals surface area contributed by atoms with E-state index in [0.29, 0.717) is 0 Å². The molecule has 3 heteroatoms. The number of allylic oxidation sites excluding steroid dienone is 2. The van der Waals surface area contributed by atoms with Crippen LogP contribution in [0.5, 0.6) is 0 Å². The van der Waals surface area contributed by atoms with Gasteiger partial charge in [0.05, 0.1) is 5.69 Å². The number of hydrogen-bond acceptors (Lipinski definition) is 2. The molecule has 5 aromatic carbocycles. The van der Waals surface area contributed by atoms with Crippen LogP contribution in [0.2, 0.25) is 0 Å². The number of anilines is 2. The van der Waals surface area contributed by atoms with Gasteiger partial charge in [-0.2, -0.15) is 4.58 Å². The van der Waals surface area contributed by atoms with E-state index in [0.717, 1.165) is 0 Å². The molecule has 42 heavy (non-hydrogen) atoms. The summed E-state index contributed by atoms with van der Waals surface area (Å²) in [6.07, 6.45) is 6.91. The quantitative estimate of drug-likeness (QED) is 0.183. The Morgan fingerprint density at radius 3 is 2.45 bits per heavy atom. The third-order valence-corrected chi connectivity index (χ3v) is 11.0. The second kappa shape index (κ2) is 7.76. The van der Waals surface area contributed by atoms with Gasteiger partial charge < -0.3 is 4.90 Å². The minimum atomic E-state index is -0.0421. The van der Waals surface area contributed by atoms with Crippen molar-refractivity contribution in [2.24, 2.45) is 0 Å². The summed E-state index contributed by atoms with van der Waals surface area (Å²) in [7, 11) is 0. The first-order valence-corrected chi connectivity index (χ1v) is 15.5. The molecule has 3 heterocycles. The standard InChI is InChI=1S/C39H27N2S/c1-39(2)30-13-5-3-10-24(30)25-19-18-23(20-31(25)39)40-32-14-6-7-15-33(32)41-35-22-37-29(26-11-4-8-17-36(26)42-37)21-28(35)27-12-9-16-34(40)38(27)41/h3-22,38H,1-2H3/q+1. The van der Waals surface area contributed by atoms with Gasteiger partial charge in [-0.05, 0) is 58.2 Å². The molecule has 198 valence electrons. The zero-order valence-electron chi connectivity index (χ0n) is 23.4. The molecule has 4 aliphatic rings. The minimum absolute atomic E-state index is 0.0421. The summed E-state index contributed by atoms with van der Waals surface area (Å²) in [5, 5.41) is 2.71. The predicted octanol–water partition coefficient (Wildman–Crippen LogP) is 10.1. The van der Waals surface area contributed by atoms with Gasteiger partial charge in [0.1, 0.15) is 11.7 Å². The first-order chi connectivity index (χ1) is 20.6. The maximum Gasteiger partial charge on any atom is 0.235 e. The van der Waals surface area contributed by atoms with Gasteiger partial charge in [-0.25, -0.2) is 0 Å². The van der Waals surface area contributed by atoms with E-state index in [1.165, 1.54) is 82.0 Å². The number of nitrogens with zero attached hydrogens (tertiary/aromatic N) is 2. The molecule has 0 bridgehead atoms. The second-order valence-electron chi connectivity index (χ2n) is 12.4.